The normalized spacial score (nSPS) is 19.3. The van der Waals surface area contributed by atoms with Gasteiger partial charge in [0.25, 0.3) is 0 Å². The number of amides is 3. The third kappa shape index (κ3) is 9.54. The van der Waals surface area contributed by atoms with Crippen molar-refractivity contribution in [3.63, 3.8) is 0 Å². The van der Waals surface area contributed by atoms with Crippen LogP contribution in [0.2, 0.25) is 0 Å². The van der Waals surface area contributed by atoms with Crippen molar-refractivity contribution in [3.8, 4) is 0 Å². The molecule has 0 bridgehead atoms. The van der Waals surface area contributed by atoms with E-state index >= 15 is 0 Å². The zero-order chi connectivity index (χ0) is 20.4. The van der Waals surface area contributed by atoms with E-state index in [9.17, 15) is 14.4 Å². The molecule has 3 atom stereocenters. The van der Waals surface area contributed by atoms with Gasteiger partial charge in [0.1, 0.15) is 12.1 Å². The van der Waals surface area contributed by atoms with Crippen LogP contribution in [-0.4, -0.2) is 48.6 Å². The van der Waals surface area contributed by atoms with E-state index in [0.717, 1.165) is 25.8 Å². The van der Waals surface area contributed by atoms with E-state index in [1.807, 2.05) is 27.7 Å². The predicted molar refractivity (Wildman–Crippen MR) is 108 cm³/mol. The molecule has 1 aliphatic rings. The number of carbonyl (C=O) groups is 3. The van der Waals surface area contributed by atoms with Crippen LogP contribution in [0.5, 0.6) is 0 Å². The molecule has 7 nitrogen and oxygen atoms in total. The molecule has 0 fully saturated rings. The Bertz CT molecular complexity index is 531. The summed E-state index contributed by atoms with van der Waals surface area (Å²) in [4.78, 5) is 41.3. The van der Waals surface area contributed by atoms with E-state index in [1.54, 1.807) is 6.21 Å². The molecule has 0 unspecified atom stereocenters. The highest BCUT2D eigenvalue weighted by molar-refractivity contribution is 5.92. The fraction of sp³-hybridized carbons (Fsp3) is 0.800. The van der Waals surface area contributed by atoms with Gasteiger partial charge < -0.3 is 16.0 Å². The second-order valence-corrected chi connectivity index (χ2v) is 8.24. The van der Waals surface area contributed by atoms with Gasteiger partial charge in [-0.1, -0.05) is 27.7 Å². The van der Waals surface area contributed by atoms with E-state index in [1.165, 1.54) is 6.92 Å². The molecule has 0 saturated carbocycles. The predicted octanol–water partition coefficient (Wildman–Crippen LogP) is 1.81. The van der Waals surface area contributed by atoms with Gasteiger partial charge in [0.05, 0.1) is 6.04 Å². The quantitative estimate of drug-likeness (QED) is 0.569. The highest BCUT2D eigenvalue weighted by Crippen LogP contribution is 2.10. The Morgan fingerprint density at radius 3 is 2.11 bits per heavy atom. The van der Waals surface area contributed by atoms with Crippen molar-refractivity contribution in [2.24, 2.45) is 16.8 Å². The van der Waals surface area contributed by atoms with Crippen LogP contribution in [0.4, 0.5) is 0 Å². The highest BCUT2D eigenvalue weighted by Gasteiger charge is 2.28. The number of rotatable bonds is 9. The van der Waals surface area contributed by atoms with Gasteiger partial charge in [-0.2, -0.15) is 0 Å². The summed E-state index contributed by atoms with van der Waals surface area (Å²) in [6.07, 6.45) is 5.78. The maximum Gasteiger partial charge on any atom is 0.243 e. The summed E-state index contributed by atoms with van der Waals surface area (Å²) in [6, 6.07) is -1.35. The van der Waals surface area contributed by atoms with Crippen LogP contribution in [0.25, 0.3) is 0 Å². The number of nitrogens with one attached hydrogen (secondary N) is 3. The first kappa shape index (κ1) is 23.1. The molecule has 1 heterocycles. The van der Waals surface area contributed by atoms with Crippen molar-refractivity contribution in [2.75, 3.05) is 6.54 Å². The highest BCUT2D eigenvalue weighted by atomic mass is 16.2. The number of aliphatic imine (C=N–C) groups is 1. The molecule has 0 aromatic carbocycles. The topological polar surface area (TPSA) is 99.7 Å². The molecule has 0 radical (unpaired) electrons. The van der Waals surface area contributed by atoms with E-state index in [0.29, 0.717) is 12.8 Å². The van der Waals surface area contributed by atoms with Crippen molar-refractivity contribution < 1.29 is 14.4 Å². The lowest BCUT2D eigenvalue weighted by Gasteiger charge is -2.26. The number of hydrogen-bond acceptors (Lipinski definition) is 4. The van der Waals surface area contributed by atoms with Crippen LogP contribution in [0, 0.1) is 11.8 Å². The Kier molecular flexibility index (Phi) is 10.0. The Hall–Kier alpha value is -1.92. The summed E-state index contributed by atoms with van der Waals surface area (Å²) >= 11 is 0. The van der Waals surface area contributed by atoms with Crippen LogP contribution >= 0.6 is 0 Å². The van der Waals surface area contributed by atoms with Crippen LogP contribution in [0.1, 0.15) is 66.7 Å². The van der Waals surface area contributed by atoms with Gasteiger partial charge in [0.15, 0.2) is 0 Å². The van der Waals surface area contributed by atoms with E-state index in [-0.39, 0.29) is 35.6 Å². The summed E-state index contributed by atoms with van der Waals surface area (Å²) < 4.78 is 0. The first-order valence-electron chi connectivity index (χ1n) is 10.1. The van der Waals surface area contributed by atoms with Crippen molar-refractivity contribution in [1.82, 2.24) is 16.0 Å². The van der Waals surface area contributed by atoms with Crippen LogP contribution in [0.15, 0.2) is 4.99 Å². The molecular formula is C20H36N4O3. The number of hydrogen-bond donors (Lipinski definition) is 3. The standard InChI is InChI=1S/C20H36N4O3/c1-13(2)10-17(22-15(5)25)20(27)24-18(11-14(3)4)19(26)23-16-8-6-7-9-21-12-16/h12-14,16-18H,6-11H2,1-5H3,(H,22,25)(H,23,26)(H,24,27)/t16-,17-,18-/m0/s1. The molecular weight excluding hydrogens is 344 g/mol. The second kappa shape index (κ2) is 11.7. The molecule has 7 heteroatoms. The summed E-state index contributed by atoms with van der Waals surface area (Å²) in [5.41, 5.74) is 0. The fourth-order valence-electron chi connectivity index (χ4n) is 3.16. The Morgan fingerprint density at radius 2 is 1.56 bits per heavy atom. The van der Waals surface area contributed by atoms with Gasteiger partial charge in [0, 0.05) is 19.7 Å². The zero-order valence-electron chi connectivity index (χ0n) is 17.4. The van der Waals surface area contributed by atoms with E-state index in [4.69, 9.17) is 0 Å². The minimum absolute atomic E-state index is 0.0895. The lowest BCUT2D eigenvalue weighted by molar-refractivity contribution is -0.132. The van der Waals surface area contributed by atoms with Gasteiger partial charge in [-0.05, 0) is 43.9 Å². The molecule has 27 heavy (non-hydrogen) atoms. The Morgan fingerprint density at radius 1 is 0.963 bits per heavy atom. The van der Waals surface area contributed by atoms with Gasteiger partial charge >= 0.3 is 0 Å². The third-order valence-electron chi connectivity index (χ3n) is 4.41. The summed E-state index contributed by atoms with van der Waals surface area (Å²) in [6.45, 7) is 10.2. The summed E-state index contributed by atoms with van der Waals surface area (Å²) in [7, 11) is 0. The molecule has 3 amide bonds. The molecule has 0 aliphatic carbocycles. The van der Waals surface area contributed by atoms with Crippen molar-refractivity contribution >= 4 is 23.9 Å². The summed E-state index contributed by atoms with van der Waals surface area (Å²) in [5, 5.41) is 8.55. The molecule has 0 saturated heterocycles. The van der Waals surface area contributed by atoms with E-state index in [2.05, 4.69) is 20.9 Å². The lowest BCUT2D eigenvalue weighted by atomic mass is 9.99. The minimum Gasteiger partial charge on any atom is -0.347 e. The van der Waals surface area contributed by atoms with Crippen LogP contribution < -0.4 is 16.0 Å². The SMILES string of the molecule is CC(=O)N[C@@H](CC(C)C)C(=O)N[C@@H](CC(C)C)C(=O)N[C@@H]1C=NCCCC1. The molecule has 0 aromatic rings. The third-order valence-corrected chi connectivity index (χ3v) is 4.41. The summed E-state index contributed by atoms with van der Waals surface area (Å²) in [5.74, 6) is -0.272. The Labute approximate surface area is 163 Å². The van der Waals surface area contributed by atoms with Crippen molar-refractivity contribution in [3.05, 3.63) is 0 Å². The van der Waals surface area contributed by atoms with Gasteiger partial charge in [-0.15, -0.1) is 0 Å². The van der Waals surface area contributed by atoms with Crippen LogP contribution in [0.3, 0.4) is 0 Å². The van der Waals surface area contributed by atoms with Crippen molar-refractivity contribution in [1.29, 1.82) is 0 Å². The van der Waals surface area contributed by atoms with Gasteiger partial charge in [-0.25, -0.2) is 0 Å². The van der Waals surface area contributed by atoms with Crippen LogP contribution in [-0.2, 0) is 14.4 Å². The molecule has 3 N–H and O–H groups in total. The van der Waals surface area contributed by atoms with E-state index < -0.39 is 12.1 Å². The maximum atomic E-state index is 12.8. The van der Waals surface area contributed by atoms with Gasteiger partial charge in [0.2, 0.25) is 17.7 Å². The second-order valence-electron chi connectivity index (χ2n) is 8.24. The fourth-order valence-corrected chi connectivity index (χ4v) is 3.16. The zero-order valence-corrected chi connectivity index (χ0v) is 17.4. The number of carbonyl (C=O) groups excluding carboxylic acids is 3. The smallest absolute Gasteiger partial charge is 0.243 e. The first-order chi connectivity index (χ1) is 12.7. The molecule has 1 aliphatic heterocycles. The molecule has 0 aromatic heterocycles. The molecule has 154 valence electrons. The van der Waals surface area contributed by atoms with Gasteiger partial charge in [-0.3, -0.25) is 19.4 Å². The lowest BCUT2D eigenvalue weighted by Crippen LogP contribution is -2.55. The largest absolute Gasteiger partial charge is 0.347 e. The first-order valence-corrected chi connectivity index (χ1v) is 10.1. The average molecular weight is 381 g/mol. The van der Waals surface area contributed by atoms with Crippen molar-refractivity contribution in [2.45, 2.75) is 84.8 Å². The maximum absolute atomic E-state index is 12.8. The average Bonchev–Trinajstić information content (AvgIpc) is 2.80. The number of nitrogens with zero attached hydrogens (tertiary/aromatic N) is 1. The Balaban J connectivity index is 2.79. The molecule has 0 spiro atoms. The minimum atomic E-state index is -0.635. The molecule has 1 rings (SSSR count). The monoisotopic (exact) mass is 380 g/mol.